The van der Waals surface area contributed by atoms with Crippen LogP contribution in [-0.2, 0) is 9.53 Å². The quantitative estimate of drug-likeness (QED) is 0.656. The smallest absolute Gasteiger partial charge is 0.233 e. The van der Waals surface area contributed by atoms with E-state index in [2.05, 4.69) is 15.3 Å². The second-order valence-corrected chi connectivity index (χ2v) is 7.11. The van der Waals surface area contributed by atoms with Crippen LogP contribution in [0.3, 0.4) is 0 Å². The molecule has 4 rings (SSSR count). The monoisotopic (exact) mass is 369 g/mol. The number of nitrogens with zero attached hydrogens (tertiary/aromatic N) is 5. The number of benzene rings is 1. The number of hydrogen-bond donors (Lipinski definition) is 0. The van der Waals surface area contributed by atoms with Gasteiger partial charge in [0.15, 0.2) is 11.5 Å². The zero-order chi connectivity index (χ0) is 17.9. The summed E-state index contributed by atoms with van der Waals surface area (Å²) in [5, 5.41) is 13.8. The zero-order valence-electron chi connectivity index (χ0n) is 14.5. The predicted octanol–water partition coefficient (Wildman–Crippen LogP) is 2.05. The highest BCUT2D eigenvalue weighted by Crippen LogP contribution is 2.21. The summed E-state index contributed by atoms with van der Waals surface area (Å²) in [6, 6.07) is 11.8. The molecule has 1 aliphatic heterocycles. The van der Waals surface area contributed by atoms with Crippen LogP contribution in [0.1, 0.15) is 5.56 Å². The summed E-state index contributed by atoms with van der Waals surface area (Å²) in [5.74, 6) is 1.17. The Morgan fingerprint density at radius 2 is 1.88 bits per heavy atom. The Morgan fingerprint density at radius 3 is 2.65 bits per heavy atom. The van der Waals surface area contributed by atoms with E-state index in [1.54, 1.807) is 4.52 Å². The molecule has 1 saturated heterocycles. The number of carbonyl (C=O) groups is 1. The Kier molecular flexibility index (Phi) is 4.85. The van der Waals surface area contributed by atoms with E-state index < -0.39 is 0 Å². The molecule has 1 aromatic carbocycles. The molecule has 0 spiro atoms. The van der Waals surface area contributed by atoms with Gasteiger partial charge < -0.3 is 9.64 Å². The third-order valence-corrected chi connectivity index (χ3v) is 5.16. The van der Waals surface area contributed by atoms with E-state index in [0.717, 1.165) is 10.6 Å². The summed E-state index contributed by atoms with van der Waals surface area (Å²) in [5.41, 5.74) is 2.83. The first-order chi connectivity index (χ1) is 12.7. The number of amides is 1. The molecule has 0 aliphatic carbocycles. The topological polar surface area (TPSA) is 72.6 Å². The van der Waals surface area contributed by atoms with E-state index in [1.165, 1.54) is 17.3 Å². The van der Waals surface area contributed by atoms with Crippen LogP contribution in [0.4, 0.5) is 0 Å². The van der Waals surface area contributed by atoms with Gasteiger partial charge in [0, 0.05) is 18.7 Å². The third-order valence-electron chi connectivity index (χ3n) is 4.26. The van der Waals surface area contributed by atoms with E-state index in [1.807, 2.05) is 48.2 Å². The van der Waals surface area contributed by atoms with Crippen molar-refractivity contribution >= 4 is 23.3 Å². The van der Waals surface area contributed by atoms with E-state index in [0.29, 0.717) is 43.5 Å². The second-order valence-electron chi connectivity index (χ2n) is 6.11. The van der Waals surface area contributed by atoms with E-state index in [-0.39, 0.29) is 5.91 Å². The molecule has 8 heteroatoms. The fraction of sp³-hybridized carbons (Fsp3) is 0.333. The minimum absolute atomic E-state index is 0.114. The van der Waals surface area contributed by atoms with Crippen molar-refractivity contribution in [1.29, 1.82) is 0 Å². The molecule has 0 unspecified atom stereocenters. The van der Waals surface area contributed by atoms with Gasteiger partial charge >= 0.3 is 0 Å². The van der Waals surface area contributed by atoms with Gasteiger partial charge in [-0.25, -0.2) is 0 Å². The summed E-state index contributed by atoms with van der Waals surface area (Å²) in [7, 11) is 0. The molecule has 134 valence electrons. The second kappa shape index (κ2) is 7.43. The molecule has 0 bridgehead atoms. The van der Waals surface area contributed by atoms with Crippen LogP contribution in [0.5, 0.6) is 0 Å². The molecule has 26 heavy (non-hydrogen) atoms. The number of hydrogen-bond acceptors (Lipinski definition) is 6. The predicted molar refractivity (Wildman–Crippen MR) is 99.1 cm³/mol. The molecule has 3 aromatic rings. The Balaban J connectivity index is 1.52. The van der Waals surface area contributed by atoms with Gasteiger partial charge in [-0.2, -0.15) is 9.61 Å². The summed E-state index contributed by atoms with van der Waals surface area (Å²) >= 11 is 1.43. The zero-order valence-corrected chi connectivity index (χ0v) is 15.3. The van der Waals surface area contributed by atoms with E-state index >= 15 is 0 Å². The molecule has 0 radical (unpaired) electrons. The molecule has 1 fully saturated rings. The van der Waals surface area contributed by atoms with Crippen LogP contribution in [0.15, 0.2) is 41.4 Å². The van der Waals surface area contributed by atoms with Crippen molar-refractivity contribution in [3.05, 3.63) is 42.0 Å². The fourth-order valence-corrected chi connectivity index (χ4v) is 3.53. The van der Waals surface area contributed by atoms with Gasteiger partial charge in [-0.05, 0) is 19.1 Å². The number of aryl methyl sites for hydroxylation is 1. The minimum Gasteiger partial charge on any atom is -0.378 e. The molecule has 1 aliphatic rings. The molecule has 7 nitrogen and oxygen atoms in total. The average Bonchev–Trinajstić information content (AvgIpc) is 3.10. The van der Waals surface area contributed by atoms with Gasteiger partial charge in [0.05, 0.1) is 19.0 Å². The highest BCUT2D eigenvalue weighted by atomic mass is 32.2. The standard InChI is InChI=1S/C18H19N5O2S/c1-13-2-4-14(5-3-13)18-20-19-15-6-7-16(21-23(15)18)26-12-17(24)22-8-10-25-11-9-22/h2-7H,8-12H2,1H3. The minimum atomic E-state index is 0.114. The maximum absolute atomic E-state index is 12.3. The molecule has 0 N–H and O–H groups in total. The average molecular weight is 369 g/mol. The SMILES string of the molecule is Cc1ccc(-c2nnc3ccc(SCC(=O)N4CCOCC4)nn23)cc1. The number of rotatable bonds is 4. The first-order valence-corrected chi connectivity index (χ1v) is 9.47. The maximum atomic E-state index is 12.3. The van der Waals surface area contributed by atoms with Gasteiger partial charge in [-0.3, -0.25) is 4.79 Å². The van der Waals surface area contributed by atoms with Crippen molar-refractivity contribution in [3.8, 4) is 11.4 Å². The molecular weight excluding hydrogens is 350 g/mol. The lowest BCUT2D eigenvalue weighted by atomic mass is 10.1. The first-order valence-electron chi connectivity index (χ1n) is 8.48. The van der Waals surface area contributed by atoms with Crippen LogP contribution >= 0.6 is 11.8 Å². The largest absolute Gasteiger partial charge is 0.378 e. The third kappa shape index (κ3) is 3.56. The van der Waals surface area contributed by atoms with Crippen molar-refractivity contribution in [2.24, 2.45) is 0 Å². The van der Waals surface area contributed by atoms with E-state index in [9.17, 15) is 4.79 Å². The Morgan fingerprint density at radius 1 is 1.12 bits per heavy atom. The van der Waals surface area contributed by atoms with Crippen molar-refractivity contribution in [3.63, 3.8) is 0 Å². The number of aromatic nitrogens is 4. The number of thioether (sulfide) groups is 1. The highest BCUT2D eigenvalue weighted by Gasteiger charge is 2.17. The van der Waals surface area contributed by atoms with Crippen LogP contribution < -0.4 is 0 Å². The Labute approximate surface area is 155 Å². The van der Waals surface area contributed by atoms with Crippen molar-refractivity contribution < 1.29 is 9.53 Å². The number of fused-ring (bicyclic) bond motifs is 1. The number of ether oxygens (including phenoxy) is 1. The van der Waals surface area contributed by atoms with E-state index in [4.69, 9.17) is 4.74 Å². The molecule has 0 saturated carbocycles. The van der Waals surface area contributed by atoms with Crippen molar-refractivity contribution in [1.82, 2.24) is 24.7 Å². The van der Waals surface area contributed by atoms with Gasteiger partial charge in [0.2, 0.25) is 5.91 Å². The molecule has 1 amide bonds. The van der Waals surface area contributed by atoms with Crippen LogP contribution in [0.2, 0.25) is 0 Å². The molecule has 2 aromatic heterocycles. The van der Waals surface area contributed by atoms with Crippen LogP contribution in [-0.4, -0.2) is 62.7 Å². The van der Waals surface area contributed by atoms with Crippen LogP contribution in [0, 0.1) is 6.92 Å². The number of carbonyl (C=O) groups excluding carboxylic acids is 1. The Bertz CT molecular complexity index is 919. The van der Waals surface area contributed by atoms with Crippen LogP contribution in [0.25, 0.3) is 17.0 Å². The Hall–Kier alpha value is -2.45. The van der Waals surface area contributed by atoms with Gasteiger partial charge in [0.1, 0.15) is 5.03 Å². The summed E-state index contributed by atoms with van der Waals surface area (Å²) < 4.78 is 7.01. The highest BCUT2D eigenvalue weighted by molar-refractivity contribution is 7.99. The fourth-order valence-electron chi connectivity index (χ4n) is 2.77. The summed E-state index contributed by atoms with van der Waals surface area (Å²) in [4.78, 5) is 14.1. The normalized spacial score (nSPS) is 14.7. The lowest BCUT2D eigenvalue weighted by molar-refractivity contribution is -0.132. The van der Waals surface area contributed by atoms with Crippen molar-refractivity contribution in [2.45, 2.75) is 11.9 Å². The molecular formula is C18H19N5O2S. The summed E-state index contributed by atoms with van der Waals surface area (Å²) in [6.45, 7) is 4.59. The first kappa shape index (κ1) is 17.0. The summed E-state index contributed by atoms with van der Waals surface area (Å²) in [6.07, 6.45) is 0. The van der Waals surface area contributed by atoms with Gasteiger partial charge in [-0.15, -0.1) is 10.2 Å². The lowest BCUT2D eigenvalue weighted by Crippen LogP contribution is -2.41. The van der Waals surface area contributed by atoms with Crippen molar-refractivity contribution in [2.75, 3.05) is 32.1 Å². The maximum Gasteiger partial charge on any atom is 0.233 e. The molecule has 3 heterocycles. The molecule has 0 atom stereocenters. The lowest BCUT2D eigenvalue weighted by Gasteiger charge is -2.26. The van der Waals surface area contributed by atoms with Gasteiger partial charge in [0.25, 0.3) is 0 Å². The van der Waals surface area contributed by atoms with Gasteiger partial charge in [-0.1, -0.05) is 41.6 Å². The number of morpholine rings is 1.